The van der Waals surface area contributed by atoms with E-state index in [-0.39, 0.29) is 12.2 Å². The maximum Gasteiger partial charge on any atom is 0.333 e. The van der Waals surface area contributed by atoms with Crippen LogP contribution in [0.5, 0.6) is 0 Å². The van der Waals surface area contributed by atoms with Gasteiger partial charge in [-0.3, -0.25) is 4.79 Å². The molecule has 0 radical (unpaired) electrons. The van der Waals surface area contributed by atoms with Crippen molar-refractivity contribution in [1.29, 1.82) is 0 Å². The molecule has 0 aliphatic heterocycles. The summed E-state index contributed by atoms with van der Waals surface area (Å²) in [4.78, 5) is 21.3. The number of carboxylic acids is 1. The van der Waals surface area contributed by atoms with Crippen molar-refractivity contribution in [1.82, 2.24) is 0 Å². The molecule has 0 saturated carbocycles. The number of hydrogen-bond donors (Lipinski definition) is 1. The third-order valence-corrected chi connectivity index (χ3v) is 1.41. The molecule has 0 aliphatic carbocycles. The molecule has 0 atom stereocenters. The van der Waals surface area contributed by atoms with E-state index in [9.17, 15) is 9.59 Å². The molecule has 0 rings (SSSR count). The third-order valence-electron chi connectivity index (χ3n) is 1.41. The summed E-state index contributed by atoms with van der Waals surface area (Å²) in [6, 6.07) is 0. The molecule has 0 saturated heterocycles. The zero-order chi connectivity index (χ0) is 11.7. The Labute approximate surface area is 88.0 Å². The van der Waals surface area contributed by atoms with Gasteiger partial charge in [-0.25, -0.2) is 4.79 Å². The van der Waals surface area contributed by atoms with Crippen LogP contribution in [0.15, 0.2) is 25.0 Å². The first-order valence-electron chi connectivity index (χ1n) is 4.37. The number of hydrogen-bond acceptors (Lipinski definition) is 4. The van der Waals surface area contributed by atoms with E-state index in [2.05, 4.69) is 13.2 Å². The normalized spacial score (nSPS) is 9.07. The Hall–Kier alpha value is -1.78. The van der Waals surface area contributed by atoms with Gasteiger partial charge in [-0.05, 0) is 0 Å². The van der Waals surface area contributed by atoms with Gasteiger partial charge in [0.05, 0.1) is 25.9 Å². The summed E-state index contributed by atoms with van der Waals surface area (Å²) in [6.07, 6.45) is 1.42. The fourth-order valence-electron chi connectivity index (χ4n) is 0.747. The van der Waals surface area contributed by atoms with Gasteiger partial charge in [0, 0.05) is 12.0 Å². The second-order valence-electron chi connectivity index (χ2n) is 2.70. The van der Waals surface area contributed by atoms with Crippen LogP contribution in [0.2, 0.25) is 0 Å². The van der Waals surface area contributed by atoms with Crippen LogP contribution < -0.4 is 0 Å². The average molecular weight is 214 g/mol. The van der Waals surface area contributed by atoms with Crippen molar-refractivity contribution in [3.63, 3.8) is 0 Å². The molecule has 0 fully saturated rings. The quantitative estimate of drug-likeness (QED) is 0.283. The van der Waals surface area contributed by atoms with Gasteiger partial charge in [-0.2, -0.15) is 0 Å². The molecule has 0 amide bonds. The Bertz CT molecular complexity index is 257. The zero-order valence-corrected chi connectivity index (χ0v) is 8.40. The predicted molar refractivity (Wildman–Crippen MR) is 53.1 cm³/mol. The molecule has 5 heteroatoms. The zero-order valence-electron chi connectivity index (χ0n) is 8.40. The predicted octanol–water partition coefficient (Wildman–Crippen LogP) is 1.11. The van der Waals surface area contributed by atoms with Crippen molar-refractivity contribution < 1.29 is 24.2 Å². The Kier molecular flexibility index (Phi) is 6.70. The second-order valence-corrected chi connectivity index (χ2v) is 2.70. The van der Waals surface area contributed by atoms with Crippen molar-refractivity contribution in [2.75, 3.05) is 13.2 Å². The van der Waals surface area contributed by atoms with E-state index < -0.39 is 18.4 Å². The van der Waals surface area contributed by atoms with Crippen molar-refractivity contribution in [3.05, 3.63) is 25.0 Å². The Morgan fingerprint density at radius 1 is 1.33 bits per heavy atom. The summed E-state index contributed by atoms with van der Waals surface area (Å²) >= 11 is 0. The van der Waals surface area contributed by atoms with Gasteiger partial charge in [-0.1, -0.05) is 13.2 Å². The number of carbonyl (C=O) groups excluding carboxylic acids is 1. The monoisotopic (exact) mass is 214 g/mol. The molecule has 1 N–H and O–H groups in total. The van der Waals surface area contributed by atoms with Gasteiger partial charge in [-0.15, -0.1) is 0 Å². The van der Waals surface area contributed by atoms with E-state index in [1.54, 1.807) is 0 Å². The van der Waals surface area contributed by atoms with Gasteiger partial charge in [0.25, 0.3) is 0 Å². The Balaban J connectivity index is 3.60. The van der Waals surface area contributed by atoms with Gasteiger partial charge >= 0.3 is 11.9 Å². The first-order chi connectivity index (χ1) is 7.07. The van der Waals surface area contributed by atoms with Gasteiger partial charge in [0.15, 0.2) is 0 Å². The molecular weight excluding hydrogens is 200 g/mol. The SMILES string of the molecule is C=COCCCOC(=O)C(=C)CC(=O)O. The topological polar surface area (TPSA) is 72.8 Å². The van der Waals surface area contributed by atoms with Crippen LogP contribution in [0.3, 0.4) is 0 Å². The molecule has 0 bridgehead atoms. The van der Waals surface area contributed by atoms with Crippen molar-refractivity contribution in [2.45, 2.75) is 12.8 Å². The van der Waals surface area contributed by atoms with E-state index in [0.29, 0.717) is 13.0 Å². The summed E-state index contributed by atoms with van der Waals surface area (Å²) in [5.74, 6) is -1.79. The lowest BCUT2D eigenvalue weighted by molar-refractivity contribution is -0.143. The van der Waals surface area contributed by atoms with Gasteiger partial charge in [0.1, 0.15) is 0 Å². The minimum Gasteiger partial charge on any atom is -0.502 e. The Morgan fingerprint density at radius 2 is 2.00 bits per heavy atom. The number of aliphatic carboxylic acids is 1. The number of rotatable bonds is 8. The smallest absolute Gasteiger partial charge is 0.333 e. The first kappa shape index (κ1) is 13.2. The van der Waals surface area contributed by atoms with Gasteiger partial charge < -0.3 is 14.6 Å². The molecule has 0 unspecified atom stereocenters. The second kappa shape index (κ2) is 7.61. The van der Waals surface area contributed by atoms with Crippen LogP contribution in [0.1, 0.15) is 12.8 Å². The van der Waals surface area contributed by atoms with Crippen LogP contribution in [0.25, 0.3) is 0 Å². The molecule has 5 nitrogen and oxygen atoms in total. The van der Waals surface area contributed by atoms with Crippen LogP contribution in [0, 0.1) is 0 Å². The summed E-state index contributed by atoms with van der Waals surface area (Å²) in [6.45, 7) is 7.23. The molecule has 0 spiro atoms. The summed E-state index contributed by atoms with van der Waals surface area (Å²) < 4.78 is 9.53. The van der Waals surface area contributed by atoms with E-state index in [0.717, 1.165) is 0 Å². The lowest BCUT2D eigenvalue weighted by Crippen LogP contribution is -2.12. The minimum atomic E-state index is -1.10. The van der Waals surface area contributed by atoms with Crippen LogP contribution in [-0.2, 0) is 19.1 Å². The number of carboxylic acid groups (broad SMARTS) is 1. The highest BCUT2D eigenvalue weighted by Gasteiger charge is 2.11. The number of ether oxygens (including phenoxy) is 2. The standard InChI is InChI=1S/C10H14O5/c1-3-14-5-4-6-15-10(13)8(2)7-9(11)12/h3H,1-2,4-7H2,(H,11,12). The fourth-order valence-corrected chi connectivity index (χ4v) is 0.747. The minimum absolute atomic E-state index is 0.0628. The Morgan fingerprint density at radius 3 is 2.53 bits per heavy atom. The lowest BCUT2D eigenvalue weighted by Gasteiger charge is -2.05. The molecular formula is C10H14O5. The van der Waals surface area contributed by atoms with E-state index in [1.165, 1.54) is 6.26 Å². The van der Waals surface area contributed by atoms with Crippen molar-refractivity contribution in [2.24, 2.45) is 0 Å². The van der Waals surface area contributed by atoms with Crippen LogP contribution >= 0.6 is 0 Å². The average Bonchev–Trinajstić information content (AvgIpc) is 2.16. The summed E-state index contributed by atoms with van der Waals surface area (Å²) in [7, 11) is 0. The maximum atomic E-state index is 11.1. The fraction of sp³-hybridized carbons (Fsp3) is 0.400. The van der Waals surface area contributed by atoms with E-state index in [4.69, 9.17) is 14.6 Å². The molecule has 0 aromatic rings. The summed E-state index contributed by atoms with van der Waals surface area (Å²) in [5, 5.41) is 8.37. The van der Waals surface area contributed by atoms with E-state index in [1.807, 2.05) is 0 Å². The van der Waals surface area contributed by atoms with Gasteiger partial charge in [0.2, 0.25) is 0 Å². The van der Waals surface area contributed by atoms with Crippen LogP contribution in [0.4, 0.5) is 0 Å². The largest absolute Gasteiger partial charge is 0.502 e. The number of esters is 1. The van der Waals surface area contributed by atoms with Crippen molar-refractivity contribution >= 4 is 11.9 Å². The maximum absolute atomic E-state index is 11.1. The molecule has 84 valence electrons. The third kappa shape index (κ3) is 7.30. The molecule has 0 heterocycles. The first-order valence-corrected chi connectivity index (χ1v) is 4.37. The molecule has 0 aromatic carbocycles. The van der Waals surface area contributed by atoms with E-state index >= 15 is 0 Å². The van der Waals surface area contributed by atoms with Crippen LogP contribution in [-0.4, -0.2) is 30.3 Å². The molecule has 0 aliphatic rings. The molecule has 15 heavy (non-hydrogen) atoms. The molecule has 0 aromatic heterocycles. The summed E-state index contributed by atoms with van der Waals surface area (Å²) in [5.41, 5.74) is -0.0628. The lowest BCUT2D eigenvalue weighted by atomic mass is 10.2. The van der Waals surface area contributed by atoms with Crippen molar-refractivity contribution in [3.8, 4) is 0 Å². The highest BCUT2D eigenvalue weighted by atomic mass is 16.5. The highest BCUT2D eigenvalue weighted by molar-refractivity contribution is 5.92. The highest BCUT2D eigenvalue weighted by Crippen LogP contribution is 2.01. The number of carbonyl (C=O) groups is 2.